The number of piperidine rings is 1. The normalized spacial score (nSPS) is 29.8. The van der Waals surface area contributed by atoms with Crippen molar-refractivity contribution in [1.29, 1.82) is 0 Å². The molecule has 1 aromatic heterocycles. The third-order valence-electron chi connectivity index (χ3n) is 7.17. The summed E-state index contributed by atoms with van der Waals surface area (Å²) in [6.45, 7) is 13.2. The second kappa shape index (κ2) is 9.45. The summed E-state index contributed by atoms with van der Waals surface area (Å²) in [4.78, 5) is 21.9. The predicted molar refractivity (Wildman–Crippen MR) is 126 cm³/mol. The zero-order chi connectivity index (χ0) is 22.0. The lowest BCUT2D eigenvalue weighted by Crippen LogP contribution is -2.50. The molecule has 8 heteroatoms. The Morgan fingerprint density at radius 2 is 1.53 bits per heavy atom. The minimum absolute atomic E-state index is 0.00362. The van der Waals surface area contributed by atoms with Crippen molar-refractivity contribution in [2.45, 2.75) is 38.6 Å². The van der Waals surface area contributed by atoms with Gasteiger partial charge in [0.15, 0.2) is 5.82 Å². The average Bonchev–Trinajstić information content (AvgIpc) is 2.85. The lowest BCUT2D eigenvalue weighted by atomic mass is 9.83. The van der Waals surface area contributed by atoms with E-state index in [9.17, 15) is 0 Å². The SMILES string of the molecule is CC1CCCN(C2(C)C=CC=C(c3nc(N4CCOCC4)nc(N4CCOCC4)n3)C2)C1. The molecule has 174 valence electrons. The number of hydrogen-bond donors (Lipinski definition) is 0. The van der Waals surface area contributed by atoms with E-state index in [1.165, 1.54) is 18.4 Å². The minimum atomic E-state index is 0.00362. The van der Waals surface area contributed by atoms with Crippen molar-refractivity contribution in [3.63, 3.8) is 0 Å². The smallest absolute Gasteiger partial charge is 0.230 e. The van der Waals surface area contributed by atoms with Gasteiger partial charge in [-0.25, -0.2) is 0 Å². The first-order valence-corrected chi connectivity index (χ1v) is 12.2. The number of likely N-dealkylation sites (tertiary alicyclic amines) is 1. The summed E-state index contributed by atoms with van der Waals surface area (Å²) in [6.07, 6.45) is 10.3. The summed E-state index contributed by atoms with van der Waals surface area (Å²) in [5, 5.41) is 0. The Morgan fingerprint density at radius 3 is 2.12 bits per heavy atom. The van der Waals surface area contributed by atoms with Crippen LogP contribution < -0.4 is 9.80 Å². The molecule has 4 heterocycles. The van der Waals surface area contributed by atoms with Gasteiger partial charge in [-0.3, -0.25) is 4.90 Å². The standard InChI is InChI=1S/C24H36N6O2/c1-19-5-4-8-30(18-19)24(2)7-3-6-20(17-24)21-25-22(28-9-13-31-14-10-28)27-23(26-21)29-11-15-32-16-12-29/h3,6-7,19H,4-5,8-18H2,1-2H3. The Bertz CT molecular complexity index is 826. The summed E-state index contributed by atoms with van der Waals surface area (Å²) in [7, 11) is 0. The highest BCUT2D eigenvalue weighted by atomic mass is 16.5. The zero-order valence-electron chi connectivity index (χ0n) is 19.5. The maximum absolute atomic E-state index is 5.55. The molecule has 0 aromatic carbocycles. The number of rotatable bonds is 4. The molecule has 3 fully saturated rings. The summed E-state index contributed by atoms with van der Waals surface area (Å²) in [5.41, 5.74) is 1.20. The number of hydrogen-bond acceptors (Lipinski definition) is 8. The lowest BCUT2D eigenvalue weighted by Gasteiger charge is -2.45. The van der Waals surface area contributed by atoms with Gasteiger partial charge in [0.2, 0.25) is 11.9 Å². The Labute approximate surface area is 191 Å². The highest BCUT2D eigenvalue weighted by Crippen LogP contribution is 2.36. The van der Waals surface area contributed by atoms with Crippen LogP contribution in [0.2, 0.25) is 0 Å². The van der Waals surface area contributed by atoms with Crippen molar-refractivity contribution >= 4 is 17.5 Å². The first kappa shape index (κ1) is 21.8. The lowest BCUT2D eigenvalue weighted by molar-refractivity contribution is 0.0935. The van der Waals surface area contributed by atoms with Gasteiger partial charge in [0, 0.05) is 38.3 Å². The van der Waals surface area contributed by atoms with Crippen LogP contribution in [0.5, 0.6) is 0 Å². The van der Waals surface area contributed by atoms with Gasteiger partial charge in [-0.1, -0.05) is 25.2 Å². The molecule has 0 spiro atoms. The van der Waals surface area contributed by atoms with E-state index in [0.29, 0.717) is 26.4 Å². The van der Waals surface area contributed by atoms with Crippen LogP contribution in [0.3, 0.4) is 0 Å². The van der Waals surface area contributed by atoms with Crippen LogP contribution in [-0.4, -0.2) is 91.1 Å². The van der Waals surface area contributed by atoms with Crippen LogP contribution in [0.15, 0.2) is 18.2 Å². The van der Waals surface area contributed by atoms with Crippen molar-refractivity contribution < 1.29 is 9.47 Å². The summed E-state index contributed by atoms with van der Waals surface area (Å²) in [5.74, 6) is 3.09. The number of nitrogens with zero attached hydrogens (tertiary/aromatic N) is 6. The third-order valence-corrected chi connectivity index (χ3v) is 7.17. The van der Waals surface area contributed by atoms with E-state index >= 15 is 0 Å². The molecule has 0 radical (unpaired) electrons. The van der Waals surface area contributed by atoms with Crippen LogP contribution in [0, 0.1) is 5.92 Å². The van der Waals surface area contributed by atoms with Crippen molar-refractivity contribution in [1.82, 2.24) is 19.9 Å². The number of anilines is 2. The quantitative estimate of drug-likeness (QED) is 0.707. The van der Waals surface area contributed by atoms with E-state index in [1.54, 1.807) is 0 Å². The molecular weight excluding hydrogens is 404 g/mol. The van der Waals surface area contributed by atoms with Crippen molar-refractivity contribution in [3.05, 3.63) is 24.1 Å². The van der Waals surface area contributed by atoms with Gasteiger partial charge in [0.1, 0.15) is 0 Å². The molecule has 1 aromatic rings. The highest BCUT2D eigenvalue weighted by Gasteiger charge is 2.35. The van der Waals surface area contributed by atoms with Gasteiger partial charge in [-0.2, -0.15) is 15.0 Å². The molecule has 3 aliphatic heterocycles. The van der Waals surface area contributed by atoms with E-state index in [2.05, 4.69) is 46.8 Å². The van der Waals surface area contributed by atoms with Crippen molar-refractivity contribution in [3.8, 4) is 0 Å². The maximum Gasteiger partial charge on any atom is 0.230 e. The molecule has 2 atom stereocenters. The molecule has 32 heavy (non-hydrogen) atoms. The third kappa shape index (κ3) is 4.67. The fourth-order valence-electron chi connectivity index (χ4n) is 5.21. The predicted octanol–water partition coefficient (Wildman–Crippen LogP) is 2.38. The summed E-state index contributed by atoms with van der Waals surface area (Å²) >= 11 is 0. The molecule has 5 rings (SSSR count). The molecule has 2 unspecified atom stereocenters. The molecular formula is C24H36N6O2. The largest absolute Gasteiger partial charge is 0.378 e. The van der Waals surface area contributed by atoms with Gasteiger partial charge in [-0.05, 0) is 44.2 Å². The van der Waals surface area contributed by atoms with E-state index in [-0.39, 0.29) is 5.54 Å². The van der Waals surface area contributed by atoms with Gasteiger partial charge < -0.3 is 19.3 Å². The van der Waals surface area contributed by atoms with E-state index in [4.69, 9.17) is 24.4 Å². The van der Waals surface area contributed by atoms with Gasteiger partial charge >= 0.3 is 0 Å². The van der Waals surface area contributed by atoms with Crippen LogP contribution in [0.25, 0.3) is 5.57 Å². The number of aromatic nitrogens is 3. The maximum atomic E-state index is 5.55. The minimum Gasteiger partial charge on any atom is -0.378 e. The van der Waals surface area contributed by atoms with Crippen LogP contribution in [-0.2, 0) is 9.47 Å². The van der Waals surface area contributed by atoms with Crippen LogP contribution in [0.1, 0.15) is 38.9 Å². The average molecular weight is 441 g/mol. The molecule has 1 aliphatic carbocycles. The molecule has 3 saturated heterocycles. The summed E-state index contributed by atoms with van der Waals surface area (Å²) in [6, 6.07) is 0. The number of allylic oxidation sites excluding steroid dienone is 2. The first-order chi connectivity index (χ1) is 15.6. The van der Waals surface area contributed by atoms with Crippen molar-refractivity contribution in [2.24, 2.45) is 5.92 Å². The van der Waals surface area contributed by atoms with E-state index in [0.717, 1.165) is 69.3 Å². The first-order valence-electron chi connectivity index (χ1n) is 12.2. The Hall–Kier alpha value is -2.03. The van der Waals surface area contributed by atoms with Crippen LogP contribution >= 0.6 is 0 Å². The molecule has 0 N–H and O–H groups in total. The fraction of sp³-hybridized carbons (Fsp3) is 0.708. The highest BCUT2D eigenvalue weighted by molar-refractivity contribution is 5.67. The second-order valence-electron chi connectivity index (χ2n) is 9.74. The molecule has 0 amide bonds. The van der Waals surface area contributed by atoms with Gasteiger partial charge in [0.25, 0.3) is 0 Å². The Kier molecular flexibility index (Phi) is 6.44. The topological polar surface area (TPSA) is 66.9 Å². The number of ether oxygens (including phenoxy) is 2. The van der Waals surface area contributed by atoms with Gasteiger partial charge in [-0.15, -0.1) is 0 Å². The van der Waals surface area contributed by atoms with Crippen LogP contribution in [0.4, 0.5) is 11.9 Å². The van der Waals surface area contributed by atoms with Crippen molar-refractivity contribution in [2.75, 3.05) is 75.5 Å². The van der Waals surface area contributed by atoms with Gasteiger partial charge in [0.05, 0.1) is 26.4 Å². The zero-order valence-corrected chi connectivity index (χ0v) is 19.5. The molecule has 8 nitrogen and oxygen atoms in total. The van der Waals surface area contributed by atoms with E-state index in [1.807, 2.05) is 0 Å². The monoisotopic (exact) mass is 440 g/mol. The molecule has 0 bridgehead atoms. The Morgan fingerprint density at radius 1 is 0.906 bits per heavy atom. The fourth-order valence-corrected chi connectivity index (χ4v) is 5.21. The second-order valence-corrected chi connectivity index (χ2v) is 9.74. The number of morpholine rings is 2. The molecule has 4 aliphatic rings. The molecule has 0 saturated carbocycles. The van der Waals surface area contributed by atoms with E-state index < -0.39 is 0 Å². The summed E-state index contributed by atoms with van der Waals surface area (Å²) < 4.78 is 11.1. The Balaban J connectivity index is 1.44.